The Bertz CT molecular complexity index is 936. The highest BCUT2D eigenvalue weighted by molar-refractivity contribution is 5.60. The molecule has 0 aliphatic carbocycles. The molecule has 0 atom stereocenters. The summed E-state index contributed by atoms with van der Waals surface area (Å²) in [7, 11) is 0. The molecule has 1 fully saturated rings. The van der Waals surface area contributed by atoms with Gasteiger partial charge in [0.2, 0.25) is 18.6 Å². The van der Waals surface area contributed by atoms with E-state index in [0.29, 0.717) is 24.1 Å². The molecule has 1 saturated heterocycles. The summed E-state index contributed by atoms with van der Waals surface area (Å²) in [5.41, 5.74) is 2.21. The van der Waals surface area contributed by atoms with Gasteiger partial charge in [-0.25, -0.2) is 0 Å². The van der Waals surface area contributed by atoms with Crippen LogP contribution in [0.5, 0.6) is 11.5 Å². The van der Waals surface area contributed by atoms with E-state index in [1.807, 2.05) is 18.2 Å². The van der Waals surface area contributed by atoms with Crippen LogP contribution in [-0.2, 0) is 13.1 Å². The number of nitrogens with zero attached hydrogens (tertiary/aromatic N) is 4. The molecule has 7 heteroatoms. The summed E-state index contributed by atoms with van der Waals surface area (Å²) in [5, 5.41) is 8.42. The van der Waals surface area contributed by atoms with Crippen LogP contribution in [0.1, 0.15) is 11.5 Å². The van der Waals surface area contributed by atoms with Crippen molar-refractivity contribution in [2.24, 2.45) is 0 Å². The number of benzene rings is 2. The number of rotatable bonds is 5. The summed E-state index contributed by atoms with van der Waals surface area (Å²) in [5.74, 6) is 2.61. The lowest BCUT2D eigenvalue weighted by Gasteiger charge is -2.33. The summed E-state index contributed by atoms with van der Waals surface area (Å²) < 4.78 is 16.6. The van der Waals surface area contributed by atoms with Crippen molar-refractivity contribution in [3.63, 3.8) is 0 Å². The van der Waals surface area contributed by atoms with Crippen molar-refractivity contribution in [2.75, 3.05) is 33.0 Å². The van der Waals surface area contributed by atoms with Crippen molar-refractivity contribution in [3.05, 3.63) is 60.0 Å². The van der Waals surface area contributed by atoms with E-state index in [9.17, 15) is 0 Å². The Kier molecular flexibility index (Phi) is 4.68. The highest BCUT2D eigenvalue weighted by Crippen LogP contribution is 2.35. The lowest BCUT2D eigenvalue weighted by atomic mass is 10.2. The third-order valence-electron chi connectivity index (χ3n) is 5.16. The Labute approximate surface area is 163 Å². The van der Waals surface area contributed by atoms with Crippen molar-refractivity contribution in [3.8, 4) is 23.0 Å². The smallest absolute Gasteiger partial charge is 0.247 e. The van der Waals surface area contributed by atoms with Crippen LogP contribution in [0.2, 0.25) is 0 Å². The van der Waals surface area contributed by atoms with Crippen LogP contribution in [-0.4, -0.2) is 53.0 Å². The fourth-order valence-corrected chi connectivity index (χ4v) is 3.60. The lowest BCUT2D eigenvalue weighted by Crippen LogP contribution is -2.45. The van der Waals surface area contributed by atoms with Crippen molar-refractivity contribution >= 4 is 0 Å². The van der Waals surface area contributed by atoms with E-state index < -0.39 is 0 Å². The van der Waals surface area contributed by atoms with Crippen molar-refractivity contribution in [1.29, 1.82) is 0 Å². The first-order valence-corrected chi connectivity index (χ1v) is 9.54. The maximum absolute atomic E-state index is 5.88. The summed E-state index contributed by atoms with van der Waals surface area (Å²) in [6.45, 7) is 6.00. The summed E-state index contributed by atoms with van der Waals surface area (Å²) in [6.07, 6.45) is 0. The number of hydrogen-bond donors (Lipinski definition) is 0. The summed E-state index contributed by atoms with van der Waals surface area (Å²) >= 11 is 0. The molecule has 0 bridgehead atoms. The zero-order valence-electron chi connectivity index (χ0n) is 15.6. The van der Waals surface area contributed by atoms with Gasteiger partial charge in [-0.15, -0.1) is 10.2 Å². The van der Waals surface area contributed by atoms with Gasteiger partial charge < -0.3 is 13.9 Å². The van der Waals surface area contributed by atoms with E-state index in [2.05, 4.69) is 50.3 Å². The molecule has 1 aromatic heterocycles. The predicted molar refractivity (Wildman–Crippen MR) is 103 cm³/mol. The number of piperazine rings is 1. The monoisotopic (exact) mass is 378 g/mol. The van der Waals surface area contributed by atoms with Gasteiger partial charge in [-0.2, -0.15) is 0 Å². The molecule has 0 spiro atoms. The van der Waals surface area contributed by atoms with Gasteiger partial charge >= 0.3 is 0 Å². The molecular weight excluding hydrogens is 356 g/mol. The third-order valence-corrected chi connectivity index (χ3v) is 5.16. The van der Waals surface area contributed by atoms with Crippen LogP contribution in [0.15, 0.2) is 52.9 Å². The van der Waals surface area contributed by atoms with Gasteiger partial charge in [-0.05, 0) is 23.8 Å². The van der Waals surface area contributed by atoms with Crippen LogP contribution < -0.4 is 9.47 Å². The SMILES string of the molecule is c1ccc(CN2CCN(Cc3nnc(-c4ccc5c(c4)OCO5)o3)CC2)cc1. The first-order chi connectivity index (χ1) is 13.8. The largest absolute Gasteiger partial charge is 0.454 e. The van der Waals surface area contributed by atoms with Crippen LogP contribution in [0.3, 0.4) is 0 Å². The summed E-state index contributed by atoms with van der Waals surface area (Å²) in [6, 6.07) is 16.3. The molecule has 144 valence electrons. The normalized spacial score (nSPS) is 17.1. The van der Waals surface area contributed by atoms with E-state index in [1.165, 1.54) is 5.56 Å². The number of ether oxygens (including phenoxy) is 2. The van der Waals surface area contributed by atoms with Gasteiger partial charge in [0, 0.05) is 38.3 Å². The fraction of sp³-hybridized carbons (Fsp3) is 0.333. The average molecular weight is 378 g/mol. The van der Waals surface area contributed by atoms with Gasteiger partial charge in [0.05, 0.1) is 6.54 Å². The first-order valence-electron chi connectivity index (χ1n) is 9.54. The van der Waals surface area contributed by atoms with Crippen LogP contribution in [0.4, 0.5) is 0 Å². The molecule has 0 amide bonds. The molecule has 0 radical (unpaired) electrons. The fourth-order valence-electron chi connectivity index (χ4n) is 3.60. The molecular formula is C21H22N4O3. The quantitative estimate of drug-likeness (QED) is 0.676. The van der Waals surface area contributed by atoms with Gasteiger partial charge in [-0.1, -0.05) is 30.3 Å². The Hall–Kier alpha value is -2.90. The minimum Gasteiger partial charge on any atom is -0.454 e. The minimum absolute atomic E-state index is 0.254. The summed E-state index contributed by atoms with van der Waals surface area (Å²) in [4.78, 5) is 4.84. The number of hydrogen-bond acceptors (Lipinski definition) is 7. The molecule has 0 saturated carbocycles. The second-order valence-electron chi connectivity index (χ2n) is 7.11. The highest BCUT2D eigenvalue weighted by Gasteiger charge is 2.20. The molecule has 7 nitrogen and oxygen atoms in total. The first kappa shape index (κ1) is 17.2. The number of aromatic nitrogens is 2. The second-order valence-corrected chi connectivity index (χ2v) is 7.11. The Morgan fingerprint density at radius 1 is 0.786 bits per heavy atom. The predicted octanol–water partition coefficient (Wildman–Crippen LogP) is 2.78. The second kappa shape index (κ2) is 7.61. The van der Waals surface area contributed by atoms with Crippen molar-refractivity contribution in [1.82, 2.24) is 20.0 Å². The van der Waals surface area contributed by atoms with Gasteiger partial charge in [0.1, 0.15) is 0 Å². The molecule has 2 aromatic carbocycles. The molecule has 5 rings (SSSR count). The molecule has 28 heavy (non-hydrogen) atoms. The Morgan fingerprint density at radius 3 is 2.36 bits per heavy atom. The molecule has 3 aromatic rings. The van der Waals surface area contributed by atoms with E-state index in [1.54, 1.807) is 0 Å². The molecule has 2 aliphatic heterocycles. The van der Waals surface area contributed by atoms with E-state index >= 15 is 0 Å². The van der Waals surface area contributed by atoms with Crippen LogP contribution in [0.25, 0.3) is 11.5 Å². The van der Waals surface area contributed by atoms with Gasteiger partial charge in [0.15, 0.2) is 11.5 Å². The van der Waals surface area contributed by atoms with Gasteiger partial charge in [-0.3, -0.25) is 9.80 Å². The molecule has 0 unspecified atom stereocenters. The maximum Gasteiger partial charge on any atom is 0.247 e. The topological polar surface area (TPSA) is 63.9 Å². The Balaban J connectivity index is 1.17. The molecule has 0 N–H and O–H groups in total. The number of fused-ring (bicyclic) bond motifs is 1. The minimum atomic E-state index is 0.254. The van der Waals surface area contributed by atoms with Gasteiger partial charge in [0.25, 0.3) is 0 Å². The maximum atomic E-state index is 5.88. The van der Waals surface area contributed by atoms with E-state index in [-0.39, 0.29) is 6.79 Å². The lowest BCUT2D eigenvalue weighted by molar-refractivity contribution is 0.114. The average Bonchev–Trinajstić information content (AvgIpc) is 3.39. The standard InChI is InChI=1S/C21H22N4O3/c1-2-4-16(5-3-1)13-24-8-10-25(11-9-24)14-20-22-23-21(28-20)17-6-7-18-19(12-17)27-15-26-18/h1-7,12H,8-11,13-15H2. The zero-order valence-corrected chi connectivity index (χ0v) is 15.6. The zero-order chi connectivity index (χ0) is 18.8. The molecule has 3 heterocycles. The van der Waals surface area contributed by atoms with Crippen LogP contribution >= 0.6 is 0 Å². The molecule has 2 aliphatic rings. The highest BCUT2D eigenvalue weighted by atomic mass is 16.7. The van der Waals surface area contributed by atoms with E-state index in [0.717, 1.165) is 44.0 Å². The Morgan fingerprint density at radius 2 is 1.54 bits per heavy atom. The van der Waals surface area contributed by atoms with E-state index in [4.69, 9.17) is 13.9 Å². The van der Waals surface area contributed by atoms with Crippen molar-refractivity contribution in [2.45, 2.75) is 13.1 Å². The third kappa shape index (κ3) is 3.72. The van der Waals surface area contributed by atoms with Crippen molar-refractivity contribution < 1.29 is 13.9 Å². The van der Waals surface area contributed by atoms with Crippen LogP contribution in [0, 0.1) is 0 Å².